The first-order valence-corrected chi connectivity index (χ1v) is 9.46. The predicted molar refractivity (Wildman–Crippen MR) is 103 cm³/mol. The molecule has 0 radical (unpaired) electrons. The molecule has 0 unspecified atom stereocenters. The Labute approximate surface area is 152 Å². The van der Waals surface area contributed by atoms with Crippen molar-refractivity contribution < 1.29 is 9.47 Å². The lowest BCUT2D eigenvalue weighted by Gasteiger charge is -2.22. The first kappa shape index (κ1) is 19.7. The smallest absolute Gasteiger partial charge is 0.194 e. The van der Waals surface area contributed by atoms with Gasteiger partial charge in [-0.05, 0) is 43.7 Å². The molecule has 25 heavy (non-hydrogen) atoms. The van der Waals surface area contributed by atoms with Gasteiger partial charge in [0.25, 0.3) is 0 Å². The summed E-state index contributed by atoms with van der Waals surface area (Å²) >= 11 is 0. The molecule has 0 saturated heterocycles. The van der Waals surface area contributed by atoms with Gasteiger partial charge in [-0.15, -0.1) is 0 Å². The molecular weight excluding hydrogens is 314 g/mol. The summed E-state index contributed by atoms with van der Waals surface area (Å²) in [7, 11) is 2.06. The number of hydrogen-bond donors (Lipinski definition) is 1. The van der Waals surface area contributed by atoms with E-state index in [1.807, 2.05) is 6.92 Å². The van der Waals surface area contributed by atoms with E-state index in [0.717, 1.165) is 44.8 Å². The van der Waals surface area contributed by atoms with Gasteiger partial charge in [-0.1, -0.05) is 24.3 Å². The highest BCUT2D eigenvalue weighted by molar-refractivity contribution is 5.79. The van der Waals surface area contributed by atoms with Crippen molar-refractivity contribution in [3.63, 3.8) is 0 Å². The summed E-state index contributed by atoms with van der Waals surface area (Å²) in [5, 5.41) is 3.37. The van der Waals surface area contributed by atoms with E-state index in [-0.39, 0.29) is 0 Å². The molecule has 0 atom stereocenters. The Balaban J connectivity index is 1.88. The Bertz CT molecular complexity index is 529. The number of aliphatic imine (C=N–C) groups is 1. The second-order valence-corrected chi connectivity index (χ2v) is 6.52. The van der Waals surface area contributed by atoms with Crippen LogP contribution in [0.25, 0.3) is 0 Å². The number of rotatable bonds is 11. The fourth-order valence-electron chi connectivity index (χ4n) is 2.54. The molecule has 1 fully saturated rings. The van der Waals surface area contributed by atoms with Crippen LogP contribution in [-0.2, 0) is 22.6 Å². The molecule has 1 saturated carbocycles. The van der Waals surface area contributed by atoms with E-state index in [0.29, 0.717) is 13.2 Å². The van der Waals surface area contributed by atoms with Crippen molar-refractivity contribution in [3.8, 4) is 0 Å². The van der Waals surface area contributed by atoms with Gasteiger partial charge >= 0.3 is 0 Å². The van der Waals surface area contributed by atoms with E-state index in [1.54, 1.807) is 0 Å². The number of guanidine groups is 1. The largest absolute Gasteiger partial charge is 0.379 e. The van der Waals surface area contributed by atoms with Crippen molar-refractivity contribution >= 4 is 5.96 Å². The summed E-state index contributed by atoms with van der Waals surface area (Å²) < 4.78 is 11.3. The topological polar surface area (TPSA) is 46.1 Å². The van der Waals surface area contributed by atoms with Gasteiger partial charge in [0.1, 0.15) is 0 Å². The summed E-state index contributed by atoms with van der Waals surface area (Å²) in [6.45, 7) is 9.49. The molecule has 0 aliphatic heterocycles. The summed E-state index contributed by atoms with van der Waals surface area (Å²) in [6, 6.07) is 8.35. The van der Waals surface area contributed by atoms with Crippen molar-refractivity contribution in [2.24, 2.45) is 10.9 Å². The van der Waals surface area contributed by atoms with Crippen LogP contribution < -0.4 is 5.32 Å². The molecule has 1 aliphatic rings. The van der Waals surface area contributed by atoms with E-state index in [4.69, 9.17) is 14.5 Å². The minimum absolute atomic E-state index is 0.642. The van der Waals surface area contributed by atoms with Gasteiger partial charge < -0.3 is 19.7 Å². The lowest BCUT2D eigenvalue weighted by Crippen LogP contribution is -2.40. The standard InChI is InChI=1S/C20H33N3O2/c1-4-21-20(23(3)12-13-25-15-17-10-11-17)22-14-18-8-6-7-9-19(18)16-24-5-2/h6-9,17H,4-5,10-16H2,1-3H3,(H,21,22). The Morgan fingerprint density at radius 3 is 2.64 bits per heavy atom. The molecule has 1 aliphatic carbocycles. The molecule has 0 aromatic heterocycles. The van der Waals surface area contributed by atoms with Crippen molar-refractivity contribution in [3.05, 3.63) is 35.4 Å². The predicted octanol–water partition coefficient (Wildman–Crippen LogP) is 3.05. The SMILES string of the molecule is CCNC(=NCc1ccccc1COCC)N(C)CCOCC1CC1. The third kappa shape index (κ3) is 7.45. The maximum atomic E-state index is 5.74. The average Bonchev–Trinajstić information content (AvgIpc) is 3.45. The van der Waals surface area contributed by atoms with Crippen LogP contribution in [0.5, 0.6) is 0 Å². The number of likely N-dealkylation sites (N-methyl/N-ethyl adjacent to an activating group) is 1. The lowest BCUT2D eigenvalue weighted by atomic mass is 10.1. The Kier molecular flexibility index (Phi) is 8.77. The monoisotopic (exact) mass is 347 g/mol. The number of hydrogen-bond acceptors (Lipinski definition) is 3. The zero-order chi connectivity index (χ0) is 17.9. The van der Waals surface area contributed by atoms with Gasteiger partial charge in [0.05, 0.1) is 19.8 Å². The molecule has 2 rings (SSSR count). The van der Waals surface area contributed by atoms with E-state index in [9.17, 15) is 0 Å². The molecule has 0 heterocycles. The van der Waals surface area contributed by atoms with Gasteiger partial charge in [0, 0.05) is 33.4 Å². The van der Waals surface area contributed by atoms with Gasteiger partial charge in [-0.3, -0.25) is 0 Å². The van der Waals surface area contributed by atoms with E-state index in [1.165, 1.54) is 24.0 Å². The maximum Gasteiger partial charge on any atom is 0.194 e. The zero-order valence-electron chi connectivity index (χ0n) is 16.0. The summed E-state index contributed by atoms with van der Waals surface area (Å²) in [4.78, 5) is 6.94. The van der Waals surface area contributed by atoms with Crippen LogP contribution in [0, 0.1) is 5.92 Å². The van der Waals surface area contributed by atoms with Crippen LogP contribution in [0.2, 0.25) is 0 Å². The van der Waals surface area contributed by atoms with Gasteiger partial charge in [-0.25, -0.2) is 4.99 Å². The highest BCUT2D eigenvalue weighted by Gasteiger charge is 2.21. The second kappa shape index (κ2) is 11.1. The summed E-state index contributed by atoms with van der Waals surface area (Å²) in [6.07, 6.45) is 2.67. The number of benzene rings is 1. The number of ether oxygens (including phenoxy) is 2. The number of nitrogens with one attached hydrogen (secondary N) is 1. The van der Waals surface area contributed by atoms with Crippen LogP contribution in [0.1, 0.15) is 37.8 Å². The molecular formula is C20H33N3O2. The van der Waals surface area contributed by atoms with Crippen molar-refractivity contribution in [1.29, 1.82) is 0 Å². The molecule has 1 aromatic rings. The van der Waals surface area contributed by atoms with Crippen LogP contribution in [-0.4, -0.2) is 50.8 Å². The molecule has 5 nitrogen and oxygen atoms in total. The van der Waals surface area contributed by atoms with E-state index >= 15 is 0 Å². The lowest BCUT2D eigenvalue weighted by molar-refractivity contribution is 0.115. The van der Waals surface area contributed by atoms with Gasteiger partial charge in [-0.2, -0.15) is 0 Å². The van der Waals surface area contributed by atoms with Gasteiger partial charge in [0.15, 0.2) is 5.96 Å². The Hall–Kier alpha value is -1.59. The maximum absolute atomic E-state index is 5.74. The minimum atomic E-state index is 0.642. The Morgan fingerprint density at radius 1 is 1.20 bits per heavy atom. The van der Waals surface area contributed by atoms with Crippen LogP contribution in [0.3, 0.4) is 0 Å². The molecule has 0 amide bonds. The molecule has 140 valence electrons. The summed E-state index contributed by atoms with van der Waals surface area (Å²) in [5.74, 6) is 1.73. The molecule has 0 bridgehead atoms. The normalized spacial score (nSPS) is 14.6. The first-order chi connectivity index (χ1) is 12.2. The van der Waals surface area contributed by atoms with E-state index < -0.39 is 0 Å². The molecule has 5 heteroatoms. The fraction of sp³-hybridized carbons (Fsp3) is 0.650. The third-order valence-electron chi connectivity index (χ3n) is 4.30. The second-order valence-electron chi connectivity index (χ2n) is 6.52. The van der Waals surface area contributed by atoms with Crippen LogP contribution in [0.15, 0.2) is 29.3 Å². The van der Waals surface area contributed by atoms with Crippen LogP contribution in [0.4, 0.5) is 0 Å². The number of nitrogens with zero attached hydrogens (tertiary/aromatic N) is 2. The average molecular weight is 348 g/mol. The highest BCUT2D eigenvalue weighted by atomic mass is 16.5. The van der Waals surface area contributed by atoms with Gasteiger partial charge in [0.2, 0.25) is 0 Å². The van der Waals surface area contributed by atoms with Crippen molar-refractivity contribution in [2.45, 2.75) is 39.8 Å². The zero-order valence-corrected chi connectivity index (χ0v) is 16.0. The van der Waals surface area contributed by atoms with Crippen molar-refractivity contribution in [2.75, 3.05) is 40.0 Å². The summed E-state index contributed by atoms with van der Waals surface area (Å²) in [5.41, 5.74) is 2.42. The van der Waals surface area contributed by atoms with Crippen molar-refractivity contribution in [1.82, 2.24) is 10.2 Å². The molecule has 1 aromatic carbocycles. The molecule has 0 spiro atoms. The quantitative estimate of drug-likeness (QED) is 0.380. The highest BCUT2D eigenvalue weighted by Crippen LogP contribution is 2.28. The third-order valence-corrected chi connectivity index (χ3v) is 4.30. The fourth-order valence-corrected chi connectivity index (χ4v) is 2.54. The van der Waals surface area contributed by atoms with Crippen LogP contribution >= 0.6 is 0 Å². The minimum Gasteiger partial charge on any atom is -0.379 e. The first-order valence-electron chi connectivity index (χ1n) is 9.46. The molecule has 1 N–H and O–H groups in total. The Morgan fingerprint density at radius 2 is 1.96 bits per heavy atom. The van der Waals surface area contributed by atoms with E-state index in [2.05, 4.69) is 48.5 Å².